The van der Waals surface area contributed by atoms with Crippen LogP contribution in [0.4, 0.5) is 4.39 Å². The van der Waals surface area contributed by atoms with Gasteiger partial charge in [0.2, 0.25) is 0 Å². The summed E-state index contributed by atoms with van der Waals surface area (Å²) in [6.07, 6.45) is 1.79. The van der Waals surface area contributed by atoms with Crippen LogP contribution in [0.1, 0.15) is 40.0 Å². The van der Waals surface area contributed by atoms with Crippen LogP contribution in [0.25, 0.3) is 0 Å². The fourth-order valence-electron chi connectivity index (χ4n) is 1.03. The summed E-state index contributed by atoms with van der Waals surface area (Å²) in [7, 11) is 0. The highest BCUT2D eigenvalue weighted by Gasteiger charge is 2.42. The number of hydrogen-bond donors (Lipinski definition) is 1. The minimum atomic E-state index is -0.755. The lowest BCUT2D eigenvalue weighted by atomic mass is 9.86. The first kappa shape index (κ1) is 8.98. The molecule has 0 radical (unpaired) electrons. The molecule has 0 heterocycles. The normalized spacial score (nSPS) is 24.8. The van der Waals surface area contributed by atoms with Crippen LogP contribution in [-0.4, -0.2) is 11.7 Å². The molecule has 0 aromatic rings. The maximum atomic E-state index is 13.4. The van der Waals surface area contributed by atoms with Crippen molar-refractivity contribution >= 4 is 0 Å². The van der Waals surface area contributed by atoms with Crippen molar-refractivity contribution in [3.05, 3.63) is 0 Å². The second-order valence-electron chi connectivity index (χ2n) is 4.90. The average Bonchev–Trinajstić information content (AvgIpc) is 2.45. The molecule has 2 N–H and O–H groups in total. The fraction of sp³-hybridized carbons (Fsp3) is 1.00. The molecule has 1 unspecified atom stereocenters. The van der Waals surface area contributed by atoms with Crippen LogP contribution < -0.4 is 5.73 Å². The Kier molecular flexibility index (Phi) is 1.99. The fourth-order valence-corrected chi connectivity index (χ4v) is 1.03. The molecule has 1 aliphatic carbocycles. The number of alkyl halides is 1. The Morgan fingerprint density at radius 3 is 2.18 bits per heavy atom. The minimum absolute atomic E-state index is 0.146. The summed E-state index contributed by atoms with van der Waals surface area (Å²) in [5.74, 6) is 0. The molecule has 1 atom stereocenters. The minimum Gasteiger partial charge on any atom is -0.325 e. The van der Waals surface area contributed by atoms with Crippen molar-refractivity contribution in [3.8, 4) is 0 Å². The zero-order chi connectivity index (χ0) is 8.70. The Morgan fingerprint density at radius 1 is 1.45 bits per heavy atom. The quantitative estimate of drug-likeness (QED) is 0.657. The zero-order valence-corrected chi connectivity index (χ0v) is 7.65. The van der Waals surface area contributed by atoms with Gasteiger partial charge in [0.05, 0.1) is 0 Å². The van der Waals surface area contributed by atoms with Crippen molar-refractivity contribution in [1.29, 1.82) is 0 Å². The molecular formula is C9H18FN. The highest BCUT2D eigenvalue weighted by atomic mass is 19.1. The van der Waals surface area contributed by atoms with E-state index in [1.54, 1.807) is 0 Å². The molecule has 1 rings (SSSR count). The Bertz CT molecular complexity index is 144. The van der Waals surface area contributed by atoms with Crippen LogP contribution in [-0.2, 0) is 0 Å². The third-order valence-corrected chi connectivity index (χ3v) is 2.42. The Labute approximate surface area is 68.2 Å². The lowest BCUT2D eigenvalue weighted by molar-refractivity contribution is 0.140. The molecule has 0 bridgehead atoms. The Balaban J connectivity index is 2.37. The molecule has 2 heteroatoms. The number of halogens is 1. The first-order valence-electron chi connectivity index (χ1n) is 4.26. The molecule has 0 amide bonds. The molecule has 1 aliphatic rings. The molecule has 0 spiro atoms. The first-order valence-corrected chi connectivity index (χ1v) is 4.26. The summed E-state index contributed by atoms with van der Waals surface area (Å²) in [6.45, 7) is 5.76. The van der Waals surface area contributed by atoms with Crippen molar-refractivity contribution in [2.24, 2.45) is 11.1 Å². The van der Waals surface area contributed by atoms with Crippen molar-refractivity contribution in [3.63, 3.8) is 0 Å². The molecule has 0 aromatic heterocycles. The van der Waals surface area contributed by atoms with Crippen LogP contribution in [0.5, 0.6) is 0 Å². The van der Waals surface area contributed by atoms with Gasteiger partial charge in [-0.25, -0.2) is 4.39 Å². The highest BCUT2D eigenvalue weighted by molar-refractivity contribution is 5.01. The van der Waals surface area contributed by atoms with Gasteiger partial charge in [-0.1, -0.05) is 20.8 Å². The van der Waals surface area contributed by atoms with Gasteiger partial charge in [-0.2, -0.15) is 0 Å². The molecular weight excluding hydrogens is 141 g/mol. The van der Waals surface area contributed by atoms with Gasteiger partial charge in [0.25, 0.3) is 0 Å². The standard InChI is InChI=1S/C9H18FN/c1-8(2,3)7(10)6-9(11)4-5-9/h7H,4-6,11H2,1-3H3. The van der Waals surface area contributed by atoms with Gasteiger partial charge in [0, 0.05) is 5.54 Å². The van der Waals surface area contributed by atoms with Crippen LogP contribution in [0.2, 0.25) is 0 Å². The number of rotatable bonds is 2. The lowest BCUT2D eigenvalue weighted by Crippen LogP contribution is -2.32. The van der Waals surface area contributed by atoms with Gasteiger partial charge in [0.1, 0.15) is 6.17 Å². The first-order chi connectivity index (χ1) is 4.83. The van der Waals surface area contributed by atoms with Gasteiger partial charge < -0.3 is 5.73 Å². The molecule has 0 saturated heterocycles. The summed E-state index contributed by atoms with van der Waals surface area (Å²) in [5, 5.41) is 0. The zero-order valence-electron chi connectivity index (χ0n) is 7.65. The van der Waals surface area contributed by atoms with Gasteiger partial charge in [-0.15, -0.1) is 0 Å². The van der Waals surface area contributed by atoms with E-state index >= 15 is 0 Å². The SMILES string of the molecule is CC(C)(C)C(F)CC1(N)CC1. The molecule has 1 saturated carbocycles. The van der Waals surface area contributed by atoms with E-state index in [0.29, 0.717) is 6.42 Å². The second kappa shape index (κ2) is 2.44. The van der Waals surface area contributed by atoms with Gasteiger partial charge in [0.15, 0.2) is 0 Å². The van der Waals surface area contributed by atoms with E-state index in [4.69, 9.17) is 5.73 Å². The third kappa shape index (κ3) is 2.44. The van der Waals surface area contributed by atoms with Crippen LogP contribution in [0.3, 0.4) is 0 Å². The molecule has 11 heavy (non-hydrogen) atoms. The van der Waals surface area contributed by atoms with Gasteiger partial charge >= 0.3 is 0 Å². The summed E-state index contributed by atoms with van der Waals surface area (Å²) in [5.41, 5.74) is 5.42. The summed E-state index contributed by atoms with van der Waals surface area (Å²) >= 11 is 0. The van der Waals surface area contributed by atoms with Crippen molar-refractivity contribution in [2.45, 2.75) is 51.7 Å². The van der Waals surface area contributed by atoms with E-state index < -0.39 is 6.17 Å². The molecule has 66 valence electrons. The smallest absolute Gasteiger partial charge is 0.107 e. The van der Waals surface area contributed by atoms with Crippen LogP contribution >= 0.6 is 0 Å². The summed E-state index contributed by atoms with van der Waals surface area (Å²) < 4.78 is 13.4. The maximum absolute atomic E-state index is 13.4. The predicted molar refractivity (Wildman–Crippen MR) is 45.1 cm³/mol. The van der Waals surface area contributed by atoms with E-state index in [9.17, 15) is 4.39 Å². The Hall–Kier alpha value is -0.110. The van der Waals surface area contributed by atoms with Crippen LogP contribution in [0.15, 0.2) is 0 Å². The van der Waals surface area contributed by atoms with E-state index in [2.05, 4.69) is 0 Å². The van der Waals surface area contributed by atoms with Crippen molar-refractivity contribution in [1.82, 2.24) is 0 Å². The van der Waals surface area contributed by atoms with E-state index in [0.717, 1.165) is 12.8 Å². The largest absolute Gasteiger partial charge is 0.325 e. The molecule has 1 fully saturated rings. The lowest BCUT2D eigenvalue weighted by Gasteiger charge is -2.25. The predicted octanol–water partition coefficient (Wildman–Crippen LogP) is 2.25. The highest BCUT2D eigenvalue weighted by Crippen LogP contribution is 2.40. The Morgan fingerprint density at radius 2 is 1.91 bits per heavy atom. The topological polar surface area (TPSA) is 26.0 Å². The average molecular weight is 159 g/mol. The monoisotopic (exact) mass is 159 g/mol. The third-order valence-electron chi connectivity index (χ3n) is 2.42. The molecule has 0 aromatic carbocycles. The summed E-state index contributed by atoms with van der Waals surface area (Å²) in [6, 6.07) is 0. The molecule has 1 nitrogen and oxygen atoms in total. The van der Waals surface area contributed by atoms with E-state index in [1.165, 1.54) is 0 Å². The summed E-state index contributed by atoms with van der Waals surface area (Å²) in [4.78, 5) is 0. The van der Waals surface area contributed by atoms with Crippen molar-refractivity contribution < 1.29 is 4.39 Å². The number of hydrogen-bond acceptors (Lipinski definition) is 1. The van der Waals surface area contributed by atoms with Crippen molar-refractivity contribution in [2.75, 3.05) is 0 Å². The molecule has 0 aliphatic heterocycles. The van der Waals surface area contributed by atoms with Crippen LogP contribution in [0, 0.1) is 5.41 Å². The van der Waals surface area contributed by atoms with Gasteiger partial charge in [-0.3, -0.25) is 0 Å². The van der Waals surface area contributed by atoms with E-state index in [1.807, 2.05) is 20.8 Å². The van der Waals surface area contributed by atoms with Gasteiger partial charge in [-0.05, 0) is 24.7 Å². The maximum Gasteiger partial charge on any atom is 0.107 e. The second-order valence-corrected chi connectivity index (χ2v) is 4.90. The number of nitrogens with two attached hydrogens (primary N) is 1. The van der Waals surface area contributed by atoms with E-state index in [-0.39, 0.29) is 11.0 Å².